The number of benzene rings is 2. The molecule has 2 aromatic carbocycles. The molecule has 0 fully saturated rings. The molecule has 0 aliphatic heterocycles. The molecule has 0 aliphatic rings. The first-order chi connectivity index (χ1) is 9.58. The first-order valence-corrected chi connectivity index (χ1v) is 5.74. The van der Waals surface area contributed by atoms with Crippen molar-refractivity contribution in [1.29, 1.82) is 0 Å². The van der Waals surface area contributed by atoms with E-state index in [9.17, 15) is 20.2 Å². The van der Waals surface area contributed by atoms with E-state index in [1.54, 1.807) is 30.3 Å². The highest BCUT2D eigenvalue weighted by molar-refractivity contribution is 5.76. The normalized spacial score (nSPS) is 11.1. The fourth-order valence-corrected chi connectivity index (χ4v) is 1.70. The third kappa shape index (κ3) is 3.05. The monoisotopic (exact) mass is 270 g/mol. The van der Waals surface area contributed by atoms with Crippen LogP contribution in [-0.2, 0) is 0 Å². The van der Waals surface area contributed by atoms with Crippen molar-refractivity contribution in [3.63, 3.8) is 0 Å². The van der Waals surface area contributed by atoms with Gasteiger partial charge in [-0.2, -0.15) is 0 Å². The second-order valence-corrected chi connectivity index (χ2v) is 4.00. The number of non-ortho nitro benzene ring substituents is 1. The maximum atomic E-state index is 11.1. The van der Waals surface area contributed by atoms with E-state index in [0.717, 1.165) is 0 Å². The van der Waals surface area contributed by atoms with Crippen LogP contribution in [0, 0.1) is 20.2 Å². The SMILES string of the molecule is O=[N+]([O-])/C(=C/c1ccc([N+](=O)[O-])cc1)c1ccccc1. The predicted molar refractivity (Wildman–Crippen MR) is 74.4 cm³/mol. The van der Waals surface area contributed by atoms with Crippen LogP contribution in [0.2, 0.25) is 0 Å². The Balaban J connectivity index is 2.39. The lowest BCUT2D eigenvalue weighted by molar-refractivity contribution is -0.384. The number of rotatable bonds is 4. The lowest BCUT2D eigenvalue weighted by Gasteiger charge is -1.99. The molecule has 0 bridgehead atoms. The molecule has 0 atom stereocenters. The number of hydrogen-bond acceptors (Lipinski definition) is 4. The van der Waals surface area contributed by atoms with Gasteiger partial charge in [-0.3, -0.25) is 20.2 Å². The standard InChI is InChI=1S/C14H10N2O4/c17-15(18)13-8-6-11(7-9-13)10-14(16(19)20)12-4-2-1-3-5-12/h1-10H/b14-10+. The van der Waals surface area contributed by atoms with Crippen LogP contribution in [0.25, 0.3) is 11.8 Å². The zero-order valence-electron chi connectivity index (χ0n) is 10.3. The van der Waals surface area contributed by atoms with Gasteiger partial charge in [0.25, 0.3) is 11.4 Å². The summed E-state index contributed by atoms with van der Waals surface area (Å²) in [4.78, 5) is 20.7. The molecular formula is C14H10N2O4. The summed E-state index contributed by atoms with van der Waals surface area (Å²) in [5, 5.41) is 21.7. The van der Waals surface area contributed by atoms with E-state index < -0.39 is 9.85 Å². The molecule has 20 heavy (non-hydrogen) atoms. The summed E-state index contributed by atoms with van der Waals surface area (Å²) in [5.41, 5.74) is 0.908. The first kappa shape index (κ1) is 13.4. The summed E-state index contributed by atoms with van der Waals surface area (Å²) in [5.74, 6) is 0. The second kappa shape index (κ2) is 5.75. The molecule has 0 heterocycles. The molecule has 2 rings (SSSR count). The van der Waals surface area contributed by atoms with Crippen molar-refractivity contribution in [2.75, 3.05) is 0 Å². The van der Waals surface area contributed by atoms with Crippen molar-refractivity contribution < 1.29 is 9.85 Å². The molecule has 100 valence electrons. The van der Waals surface area contributed by atoms with Crippen LogP contribution in [0.1, 0.15) is 11.1 Å². The summed E-state index contributed by atoms with van der Waals surface area (Å²) in [6.07, 6.45) is 1.39. The largest absolute Gasteiger partial charge is 0.277 e. The van der Waals surface area contributed by atoms with Gasteiger partial charge in [-0.1, -0.05) is 18.2 Å². The highest BCUT2D eigenvalue weighted by Crippen LogP contribution is 2.20. The minimum absolute atomic E-state index is 0.0514. The average Bonchev–Trinajstić information content (AvgIpc) is 2.46. The van der Waals surface area contributed by atoms with Crippen LogP contribution in [0.15, 0.2) is 54.6 Å². The van der Waals surface area contributed by atoms with Crippen molar-refractivity contribution in [1.82, 2.24) is 0 Å². The van der Waals surface area contributed by atoms with E-state index in [4.69, 9.17) is 0 Å². The Morgan fingerprint density at radius 3 is 2.00 bits per heavy atom. The van der Waals surface area contributed by atoms with Crippen molar-refractivity contribution in [2.45, 2.75) is 0 Å². The molecule has 6 nitrogen and oxygen atoms in total. The summed E-state index contributed by atoms with van der Waals surface area (Å²) in [6, 6.07) is 14.1. The maximum Gasteiger partial charge on any atom is 0.277 e. The summed E-state index contributed by atoms with van der Waals surface area (Å²) in [7, 11) is 0. The van der Waals surface area contributed by atoms with Gasteiger partial charge in [-0.25, -0.2) is 0 Å². The Kier molecular flexibility index (Phi) is 3.85. The smallest absolute Gasteiger partial charge is 0.258 e. The highest BCUT2D eigenvalue weighted by atomic mass is 16.6. The maximum absolute atomic E-state index is 11.1. The van der Waals surface area contributed by atoms with Gasteiger partial charge in [0, 0.05) is 18.2 Å². The van der Waals surface area contributed by atoms with Crippen LogP contribution >= 0.6 is 0 Å². The predicted octanol–water partition coefficient (Wildman–Crippen LogP) is 3.37. The van der Waals surface area contributed by atoms with Gasteiger partial charge in [0.05, 0.1) is 15.4 Å². The molecule has 0 aromatic heterocycles. The number of hydrogen-bond donors (Lipinski definition) is 0. The van der Waals surface area contributed by atoms with Crippen LogP contribution < -0.4 is 0 Å². The molecule has 0 spiro atoms. The number of nitro groups is 2. The number of nitrogens with zero attached hydrogens (tertiary/aromatic N) is 2. The summed E-state index contributed by atoms with van der Waals surface area (Å²) in [6.45, 7) is 0. The Morgan fingerprint density at radius 1 is 0.900 bits per heavy atom. The van der Waals surface area contributed by atoms with Crippen LogP contribution in [0.3, 0.4) is 0 Å². The van der Waals surface area contributed by atoms with Crippen molar-refractivity contribution >= 4 is 17.5 Å². The first-order valence-electron chi connectivity index (χ1n) is 5.74. The molecule has 0 unspecified atom stereocenters. The van der Waals surface area contributed by atoms with Crippen molar-refractivity contribution in [2.24, 2.45) is 0 Å². The van der Waals surface area contributed by atoms with Gasteiger partial charge in [-0.15, -0.1) is 0 Å². The van der Waals surface area contributed by atoms with Gasteiger partial charge in [0.15, 0.2) is 0 Å². The third-order valence-corrected chi connectivity index (χ3v) is 2.67. The van der Waals surface area contributed by atoms with Gasteiger partial charge >= 0.3 is 0 Å². The Labute approximate surface area is 114 Å². The van der Waals surface area contributed by atoms with Gasteiger partial charge in [-0.05, 0) is 29.8 Å². The summed E-state index contributed by atoms with van der Waals surface area (Å²) < 4.78 is 0. The van der Waals surface area contributed by atoms with E-state index in [0.29, 0.717) is 11.1 Å². The van der Waals surface area contributed by atoms with Crippen LogP contribution in [0.5, 0.6) is 0 Å². The van der Waals surface area contributed by atoms with E-state index >= 15 is 0 Å². The van der Waals surface area contributed by atoms with Gasteiger partial charge in [0.2, 0.25) is 0 Å². The Bertz CT molecular complexity index is 663. The van der Waals surface area contributed by atoms with Crippen LogP contribution in [0.4, 0.5) is 5.69 Å². The highest BCUT2D eigenvalue weighted by Gasteiger charge is 2.13. The molecular weight excluding hydrogens is 260 g/mol. The quantitative estimate of drug-likeness (QED) is 0.484. The fourth-order valence-electron chi connectivity index (χ4n) is 1.70. The molecule has 0 N–H and O–H groups in total. The minimum Gasteiger partial charge on any atom is -0.258 e. The second-order valence-electron chi connectivity index (χ2n) is 4.00. The third-order valence-electron chi connectivity index (χ3n) is 2.67. The van der Waals surface area contributed by atoms with Crippen molar-refractivity contribution in [3.8, 4) is 0 Å². The molecule has 6 heteroatoms. The van der Waals surface area contributed by atoms with E-state index in [1.807, 2.05) is 0 Å². The molecule has 0 saturated carbocycles. The topological polar surface area (TPSA) is 86.3 Å². The summed E-state index contributed by atoms with van der Waals surface area (Å²) >= 11 is 0. The number of nitro benzene ring substituents is 1. The Morgan fingerprint density at radius 2 is 1.50 bits per heavy atom. The van der Waals surface area contributed by atoms with Crippen LogP contribution in [-0.4, -0.2) is 9.85 Å². The average molecular weight is 270 g/mol. The molecule has 0 amide bonds. The lowest BCUT2D eigenvalue weighted by Crippen LogP contribution is -1.97. The van der Waals surface area contributed by atoms with Gasteiger partial charge < -0.3 is 0 Å². The van der Waals surface area contributed by atoms with E-state index in [1.165, 1.54) is 30.3 Å². The molecule has 0 radical (unpaired) electrons. The van der Waals surface area contributed by atoms with E-state index in [2.05, 4.69) is 0 Å². The lowest BCUT2D eigenvalue weighted by atomic mass is 10.1. The van der Waals surface area contributed by atoms with Crippen molar-refractivity contribution in [3.05, 3.63) is 86.0 Å². The minimum atomic E-state index is -0.515. The Hall–Kier alpha value is -3.02. The fraction of sp³-hybridized carbons (Fsp3) is 0. The molecule has 0 aliphatic carbocycles. The van der Waals surface area contributed by atoms with E-state index in [-0.39, 0.29) is 11.4 Å². The molecule has 0 saturated heterocycles. The zero-order valence-corrected chi connectivity index (χ0v) is 10.3. The zero-order chi connectivity index (χ0) is 14.5. The molecule has 2 aromatic rings. The van der Waals surface area contributed by atoms with Gasteiger partial charge in [0.1, 0.15) is 0 Å².